The van der Waals surface area contributed by atoms with Crippen molar-refractivity contribution in [2.24, 2.45) is 0 Å². The van der Waals surface area contributed by atoms with Crippen LogP contribution in [0.1, 0.15) is 38.2 Å². The zero-order valence-corrected chi connectivity index (χ0v) is 13.7. The van der Waals surface area contributed by atoms with Crippen LogP contribution in [0.25, 0.3) is 0 Å². The highest BCUT2D eigenvalue weighted by Crippen LogP contribution is 2.22. The van der Waals surface area contributed by atoms with Crippen molar-refractivity contribution in [2.75, 3.05) is 19.8 Å². The zero-order chi connectivity index (χ0) is 16.1. The van der Waals surface area contributed by atoms with Crippen molar-refractivity contribution in [2.45, 2.75) is 51.3 Å². The molecule has 1 atom stereocenters. The lowest BCUT2D eigenvalue weighted by Crippen LogP contribution is -2.51. The van der Waals surface area contributed by atoms with Crippen LogP contribution in [-0.4, -0.2) is 47.8 Å². The molecule has 0 aromatic carbocycles. The van der Waals surface area contributed by atoms with E-state index in [-0.39, 0.29) is 12.1 Å². The van der Waals surface area contributed by atoms with Gasteiger partial charge in [-0.15, -0.1) is 0 Å². The van der Waals surface area contributed by atoms with Crippen LogP contribution in [0.4, 0.5) is 4.79 Å². The summed E-state index contributed by atoms with van der Waals surface area (Å²) in [6.45, 7) is 4.31. The first kappa shape index (κ1) is 16.1. The molecular weight excluding hydrogens is 294 g/mol. The third-order valence-electron chi connectivity index (χ3n) is 4.46. The number of pyridine rings is 1. The molecule has 126 valence electrons. The molecule has 0 radical (unpaired) electrons. The summed E-state index contributed by atoms with van der Waals surface area (Å²) in [7, 11) is 0. The average Bonchev–Trinajstić information content (AvgIpc) is 3.07. The van der Waals surface area contributed by atoms with E-state index in [9.17, 15) is 4.79 Å². The van der Waals surface area contributed by atoms with Crippen LogP contribution in [0.2, 0.25) is 0 Å². The molecule has 6 nitrogen and oxygen atoms in total. The summed E-state index contributed by atoms with van der Waals surface area (Å²) < 4.78 is 11.2. The van der Waals surface area contributed by atoms with Crippen molar-refractivity contribution < 1.29 is 14.3 Å². The molecule has 1 saturated carbocycles. The standard InChI is InChI=1S/C17H25N3O3/c1-13-12-22-9-8-20(13)17(21)19-11-14-6-7-16(18-10-14)23-15-4-2-3-5-15/h6-7,10,13,15H,2-5,8-9,11-12H2,1H3,(H,19,21)/t13-/m1/s1. The van der Waals surface area contributed by atoms with Gasteiger partial charge in [0.15, 0.2) is 0 Å². The van der Waals surface area contributed by atoms with Crippen LogP contribution in [0.3, 0.4) is 0 Å². The molecule has 2 fully saturated rings. The first-order chi connectivity index (χ1) is 11.2. The third kappa shape index (κ3) is 4.34. The second-order valence-corrected chi connectivity index (χ2v) is 6.31. The molecule has 1 aliphatic heterocycles. The Hall–Kier alpha value is -1.82. The Morgan fingerprint density at radius 2 is 2.26 bits per heavy atom. The minimum absolute atomic E-state index is 0.0490. The number of hydrogen-bond acceptors (Lipinski definition) is 4. The van der Waals surface area contributed by atoms with Gasteiger partial charge in [-0.25, -0.2) is 9.78 Å². The fraction of sp³-hybridized carbons (Fsp3) is 0.647. The van der Waals surface area contributed by atoms with Crippen LogP contribution >= 0.6 is 0 Å². The van der Waals surface area contributed by atoms with Crippen LogP contribution < -0.4 is 10.1 Å². The normalized spacial score (nSPS) is 22.1. The Kier molecular flexibility index (Phi) is 5.33. The van der Waals surface area contributed by atoms with Gasteiger partial charge in [-0.2, -0.15) is 0 Å². The number of amides is 2. The maximum Gasteiger partial charge on any atom is 0.318 e. The first-order valence-electron chi connectivity index (χ1n) is 8.46. The Morgan fingerprint density at radius 1 is 1.43 bits per heavy atom. The van der Waals surface area contributed by atoms with Crippen molar-refractivity contribution in [3.8, 4) is 5.88 Å². The molecular formula is C17H25N3O3. The Balaban J connectivity index is 1.47. The smallest absolute Gasteiger partial charge is 0.318 e. The van der Waals surface area contributed by atoms with E-state index in [1.165, 1.54) is 12.8 Å². The number of carbonyl (C=O) groups is 1. The molecule has 6 heteroatoms. The third-order valence-corrected chi connectivity index (χ3v) is 4.46. The number of aromatic nitrogens is 1. The molecule has 0 bridgehead atoms. The lowest BCUT2D eigenvalue weighted by atomic mass is 10.2. The van der Waals surface area contributed by atoms with E-state index >= 15 is 0 Å². The molecule has 1 aromatic rings. The predicted molar refractivity (Wildman–Crippen MR) is 86.3 cm³/mol. The van der Waals surface area contributed by atoms with Gasteiger partial charge >= 0.3 is 6.03 Å². The summed E-state index contributed by atoms with van der Waals surface area (Å²) in [5, 5.41) is 2.94. The Morgan fingerprint density at radius 3 is 2.96 bits per heavy atom. The number of rotatable bonds is 4. The highest BCUT2D eigenvalue weighted by Gasteiger charge is 2.23. The van der Waals surface area contributed by atoms with Crippen molar-refractivity contribution in [3.63, 3.8) is 0 Å². The van der Waals surface area contributed by atoms with Gasteiger partial charge in [-0.05, 0) is 38.2 Å². The van der Waals surface area contributed by atoms with Gasteiger partial charge in [0.2, 0.25) is 5.88 Å². The van der Waals surface area contributed by atoms with Gasteiger partial charge in [0.1, 0.15) is 6.10 Å². The molecule has 1 aliphatic carbocycles. The molecule has 2 heterocycles. The molecule has 1 N–H and O–H groups in total. The van der Waals surface area contributed by atoms with Gasteiger partial charge in [0.05, 0.1) is 19.3 Å². The monoisotopic (exact) mass is 319 g/mol. The van der Waals surface area contributed by atoms with Gasteiger partial charge in [0.25, 0.3) is 0 Å². The van der Waals surface area contributed by atoms with Gasteiger partial charge in [-0.3, -0.25) is 0 Å². The van der Waals surface area contributed by atoms with E-state index in [0.29, 0.717) is 38.3 Å². The number of carbonyl (C=O) groups excluding carboxylic acids is 1. The minimum Gasteiger partial charge on any atom is -0.474 e. The number of nitrogens with one attached hydrogen (secondary N) is 1. The Bertz CT molecular complexity index is 514. The molecule has 2 aliphatic rings. The topological polar surface area (TPSA) is 63.7 Å². The maximum absolute atomic E-state index is 12.2. The molecule has 0 spiro atoms. The fourth-order valence-electron chi connectivity index (χ4n) is 3.07. The quantitative estimate of drug-likeness (QED) is 0.925. The zero-order valence-electron chi connectivity index (χ0n) is 13.7. The summed E-state index contributed by atoms with van der Waals surface area (Å²) in [5.41, 5.74) is 0.970. The number of nitrogens with zero attached hydrogens (tertiary/aromatic N) is 2. The van der Waals surface area contributed by atoms with Crippen molar-refractivity contribution in [3.05, 3.63) is 23.9 Å². The first-order valence-corrected chi connectivity index (χ1v) is 8.46. The van der Waals surface area contributed by atoms with E-state index in [2.05, 4.69) is 10.3 Å². The molecule has 2 amide bonds. The highest BCUT2D eigenvalue weighted by molar-refractivity contribution is 5.74. The lowest BCUT2D eigenvalue weighted by molar-refractivity contribution is 0.0190. The molecule has 1 saturated heterocycles. The van der Waals surface area contributed by atoms with Crippen LogP contribution in [0.15, 0.2) is 18.3 Å². The molecule has 1 aromatic heterocycles. The second-order valence-electron chi connectivity index (χ2n) is 6.31. The summed E-state index contributed by atoms with van der Waals surface area (Å²) >= 11 is 0. The summed E-state index contributed by atoms with van der Waals surface area (Å²) in [6.07, 6.45) is 6.82. The summed E-state index contributed by atoms with van der Waals surface area (Å²) in [4.78, 5) is 18.3. The predicted octanol–water partition coefficient (Wildman–Crippen LogP) is 2.33. The Labute approximate surface area is 137 Å². The summed E-state index contributed by atoms with van der Waals surface area (Å²) in [6, 6.07) is 3.91. The van der Waals surface area contributed by atoms with Crippen molar-refractivity contribution >= 4 is 6.03 Å². The second kappa shape index (κ2) is 7.64. The molecule has 3 rings (SSSR count). The van der Waals surface area contributed by atoms with Gasteiger partial charge in [0, 0.05) is 25.4 Å². The largest absolute Gasteiger partial charge is 0.474 e. The van der Waals surface area contributed by atoms with E-state index in [1.54, 1.807) is 6.20 Å². The van der Waals surface area contributed by atoms with Crippen molar-refractivity contribution in [1.82, 2.24) is 15.2 Å². The number of ether oxygens (including phenoxy) is 2. The van der Waals surface area contributed by atoms with Gasteiger partial charge in [-0.1, -0.05) is 6.07 Å². The van der Waals surface area contributed by atoms with Crippen LogP contribution in [0, 0.1) is 0 Å². The summed E-state index contributed by atoms with van der Waals surface area (Å²) in [5.74, 6) is 0.675. The lowest BCUT2D eigenvalue weighted by Gasteiger charge is -2.33. The SMILES string of the molecule is C[C@@H]1COCCN1C(=O)NCc1ccc(OC2CCCC2)nc1. The molecule has 0 unspecified atom stereocenters. The van der Waals surface area contributed by atoms with E-state index in [0.717, 1.165) is 18.4 Å². The number of urea groups is 1. The van der Waals surface area contributed by atoms with Crippen molar-refractivity contribution in [1.29, 1.82) is 0 Å². The highest BCUT2D eigenvalue weighted by atomic mass is 16.5. The number of morpholine rings is 1. The van der Waals surface area contributed by atoms with Crippen LogP contribution in [-0.2, 0) is 11.3 Å². The van der Waals surface area contributed by atoms with E-state index in [4.69, 9.17) is 9.47 Å². The van der Waals surface area contributed by atoms with E-state index in [1.807, 2.05) is 24.0 Å². The fourth-order valence-corrected chi connectivity index (χ4v) is 3.07. The van der Waals surface area contributed by atoms with Gasteiger partial charge < -0.3 is 19.7 Å². The molecule has 23 heavy (non-hydrogen) atoms. The minimum atomic E-state index is -0.0490. The van der Waals surface area contributed by atoms with E-state index < -0.39 is 0 Å². The average molecular weight is 319 g/mol. The maximum atomic E-state index is 12.2. The van der Waals surface area contributed by atoms with Crippen LogP contribution in [0.5, 0.6) is 5.88 Å². The number of hydrogen-bond donors (Lipinski definition) is 1.